The summed E-state index contributed by atoms with van der Waals surface area (Å²) in [5.74, 6) is -0.117. The molecule has 1 atom stereocenters. The molecule has 2 aromatic carbocycles. The van der Waals surface area contributed by atoms with Gasteiger partial charge in [-0.05, 0) is 37.1 Å². The van der Waals surface area contributed by atoms with E-state index in [1.54, 1.807) is 31.2 Å². The molecule has 2 amide bonds. The summed E-state index contributed by atoms with van der Waals surface area (Å²) in [6.07, 6.45) is 0.991. The SMILES string of the molecule is COc1ccc(N(CC(=O)N(Cc2c(Cl)cccc2Cl)[C@@H](C)C(=O)NCC(C)C)S(C)(=O)=O)cc1OC. The third-order valence-electron chi connectivity index (χ3n) is 5.58. The summed E-state index contributed by atoms with van der Waals surface area (Å²) in [4.78, 5) is 27.9. The van der Waals surface area contributed by atoms with Gasteiger partial charge < -0.3 is 19.7 Å². The quantitative estimate of drug-likeness (QED) is 0.412. The number of carbonyl (C=O) groups is 2. The second kappa shape index (κ2) is 13.2. The number of rotatable bonds is 12. The van der Waals surface area contributed by atoms with E-state index >= 15 is 0 Å². The molecule has 1 N–H and O–H groups in total. The number of anilines is 1. The summed E-state index contributed by atoms with van der Waals surface area (Å²) >= 11 is 12.7. The molecule has 0 heterocycles. The fraction of sp³-hybridized carbons (Fsp3) is 0.440. The van der Waals surface area contributed by atoms with Crippen LogP contribution in [0, 0.1) is 5.92 Å². The lowest BCUT2D eigenvalue weighted by Gasteiger charge is -2.32. The molecule has 0 bridgehead atoms. The van der Waals surface area contributed by atoms with Crippen LogP contribution in [0.2, 0.25) is 10.0 Å². The molecule has 204 valence electrons. The molecule has 9 nitrogen and oxygen atoms in total. The van der Waals surface area contributed by atoms with Gasteiger partial charge >= 0.3 is 0 Å². The summed E-state index contributed by atoms with van der Waals surface area (Å²) in [6.45, 7) is 5.21. The van der Waals surface area contributed by atoms with Crippen LogP contribution in [0.3, 0.4) is 0 Å². The topological polar surface area (TPSA) is 105 Å². The molecule has 12 heteroatoms. The minimum atomic E-state index is -3.91. The number of nitrogens with one attached hydrogen (secondary N) is 1. The Morgan fingerprint density at radius 1 is 1.00 bits per heavy atom. The van der Waals surface area contributed by atoms with E-state index in [9.17, 15) is 18.0 Å². The average Bonchev–Trinajstić information content (AvgIpc) is 2.84. The average molecular weight is 575 g/mol. The molecule has 0 saturated heterocycles. The van der Waals surface area contributed by atoms with Crippen LogP contribution in [-0.2, 0) is 26.2 Å². The summed E-state index contributed by atoms with van der Waals surface area (Å²) in [5, 5.41) is 3.45. The van der Waals surface area contributed by atoms with Gasteiger partial charge in [-0.1, -0.05) is 43.1 Å². The number of ether oxygens (including phenoxy) is 2. The van der Waals surface area contributed by atoms with Gasteiger partial charge in [-0.3, -0.25) is 13.9 Å². The van der Waals surface area contributed by atoms with Crippen LogP contribution in [-0.4, -0.2) is 64.7 Å². The zero-order chi connectivity index (χ0) is 27.9. The largest absolute Gasteiger partial charge is 0.493 e. The molecule has 2 rings (SSSR count). The lowest BCUT2D eigenvalue weighted by molar-refractivity contribution is -0.139. The van der Waals surface area contributed by atoms with Crippen molar-refractivity contribution in [2.75, 3.05) is 37.9 Å². The molecule has 37 heavy (non-hydrogen) atoms. The van der Waals surface area contributed by atoms with E-state index in [-0.39, 0.29) is 24.1 Å². The van der Waals surface area contributed by atoms with Crippen LogP contribution in [0.25, 0.3) is 0 Å². The first-order valence-electron chi connectivity index (χ1n) is 11.5. The minimum Gasteiger partial charge on any atom is -0.493 e. The van der Waals surface area contributed by atoms with Crippen LogP contribution in [0.4, 0.5) is 5.69 Å². The number of hydrogen-bond acceptors (Lipinski definition) is 6. The Kier molecular flexibility index (Phi) is 10.9. The van der Waals surface area contributed by atoms with Gasteiger partial charge in [0, 0.05) is 34.8 Å². The first kappa shape index (κ1) is 30.5. The van der Waals surface area contributed by atoms with Crippen LogP contribution in [0.15, 0.2) is 36.4 Å². The predicted octanol–water partition coefficient (Wildman–Crippen LogP) is 3.97. The highest BCUT2D eigenvalue weighted by Gasteiger charge is 2.31. The Hall–Kier alpha value is -2.69. The van der Waals surface area contributed by atoms with Gasteiger partial charge in [0.25, 0.3) is 0 Å². The third kappa shape index (κ3) is 8.15. The predicted molar refractivity (Wildman–Crippen MR) is 146 cm³/mol. The van der Waals surface area contributed by atoms with Gasteiger partial charge in [0.1, 0.15) is 12.6 Å². The number of hydrogen-bond donors (Lipinski definition) is 1. The van der Waals surface area contributed by atoms with Gasteiger partial charge in [0.05, 0.1) is 26.2 Å². The molecule has 0 aromatic heterocycles. The molecule has 2 aromatic rings. The molecule has 0 saturated carbocycles. The highest BCUT2D eigenvalue weighted by Crippen LogP contribution is 2.33. The summed E-state index contributed by atoms with van der Waals surface area (Å²) in [5.41, 5.74) is 0.640. The van der Waals surface area contributed by atoms with Crippen LogP contribution >= 0.6 is 23.2 Å². The fourth-order valence-electron chi connectivity index (χ4n) is 3.48. The number of amides is 2. The molecule has 0 spiro atoms. The summed E-state index contributed by atoms with van der Waals surface area (Å²) in [7, 11) is -1.03. The highest BCUT2D eigenvalue weighted by atomic mass is 35.5. The Labute approximate surface area is 228 Å². The number of methoxy groups -OCH3 is 2. The lowest BCUT2D eigenvalue weighted by Crippen LogP contribution is -2.51. The van der Waals surface area contributed by atoms with Crippen LogP contribution < -0.4 is 19.1 Å². The standard InChI is InChI=1S/C25H33Cl2N3O6S/c1-16(2)13-28-25(32)17(3)29(14-19-20(26)8-7-9-21(19)27)24(31)15-30(37(6,33)34)18-10-11-22(35-4)23(12-18)36-5/h7-12,16-17H,13-15H2,1-6H3,(H,28,32)/t17-/m0/s1. The van der Waals surface area contributed by atoms with Crippen molar-refractivity contribution >= 4 is 50.7 Å². The van der Waals surface area contributed by atoms with Gasteiger partial charge in [-0.25, -0.2) is 8.42 Å². The van der Waals surface area contributed by atoms with E-state index in [4.69, 9.17) is 32.7 Å². The van der Waals surface area contributed by atoms with Gasteiger partial charge in [0.2, 0.25) is 21.8 Å². The monoisotopic (exact) mass is 573 g/mol. The molecule has 0 aliphatic rings. The molecule has 0 fully saturated rings. The van der Waals surface area contributed by atoms with Crippen molar-refractivity contribution in [2.45, 2.75) is 33.4 Å². The van der Waals surface area contributed by atoms with Crippen LogP contribution in [0.1, 0.15) is 26.3 Å². The van der Waals surface area contributed by atoms with Crippen LogP contribution in [0.5, 0.6) is 11.5 Å². The Morgan fingerprint density at radius 3 is 2.11 bits per heavy atom. The van der Waals surface area contributed by atoms with E-state index in [2.05, 4.69) is 5.32 Å². The van der Waals surface area contributed by atoms with Crippen molar-refractivity contribution in [3.63, 3.8) is 0 Å². The molecule has 0 aliphatic carbocycles. The second-order valence-electron chi connectivity index (χ2n) is 8.85. The van der Waals surface area contributed by atoms with Crippen molar-refractivity contribution < 1.29 is 27.5 Å². The first-order valence-corrected chi connectivity index (χ1v) is 14.1. The number of carbonyl (C=O) groups excluding carboxylic acids is 2. The lowest BCUT2D eigenvalue weighted by atomic mass is 10.1. The van der Waals surface area contributed by atoms with Gasteiger partial charge in [-0.15, -0.1) is 0 Å². The van der Waals surface area contributed by atoms with E-state index in [0.29, 0.717) is 33.7 Å². The van der Waals surface area contributed by atoms with Crippen molar-refractivity contribution in [1.82, 2.24) is 10.2 Å². The van der Waals surface area contributed by atoms with E-state index in [1.807, 2.05) is 13.8 Å². The first-order chi connectivity index (χ1) is 17.3. The van der Waals surface area contributed by atoms with E-state index < -0.39 is 28.5 Å². The zero-order valence-corrected chi connectivity index (χ0v) is 24.1. The summed E-state index contributed by atoms with van der Waals surface area (Å²) in [6, 6.07) is 8.49. The molecule has 0 aliphatic heterocycles. The second-order valence-corrected chi connectivity index (χ2v) is 11.6. The molecular weight excluding hydrogens is 541 g/mol. The number of halogens is 2. The fourth-order valence-corrected chi connectivity index (χ4v) is 4.84. The maximum absolute atomic E-state index is 13.7. The number of benzene rings is 2. The zero-order valence-electron chi connectivity index (χ0n) is 21.7. The van der Waals surface area contributed by atoms with Crippen molar-refractivity contribution in [3.05, 3.63) is 52.0 Å². The normalized spacial score (nSPS) is 12.1. The maximum Gasteiger partial charge on any atom is 0.244 e. The number of nitrogens with zero attached hydrogens (tertiary/aromatic N) is 2. The van der Waals surface area contributed by atoms with Crippen molar-refractivity contribution in [3.8, 4) is 11.5 Å². The highest BCUT2D eigenvalue weighted by molar-refractivity contribution is 7.92. The minimum absolute atomic E-state index is 0.100. The van der Waals surface area contributed by atoms with Gasteiger partial charge in [-0.2, -0.15) is 0 Å². The Bertz CT molecular complexity index is 1200. The molecule has 0 unspecified atom stereocenters. The molecular formula is C25H33Cl2N3O6S. The smallest absolute Gasteiger partial charge is 0.244 e. The Balaban J connectivity index is 2.48. The van der Waals surface area contributed by atoms with E-state index in [1.165, 1.54) is 31.3 Å². The third-order valence-corrected chi connectivity index (χ3v) is 7.43. The molecule has 0 radical (unpaired) electrons. The van der Waals surface area contributed by atoms with Gasteiger partial charge in [0.15, 0.2) is 11.5 Å². The Morgan fingerprint density at radius 2 is 1.59 bits per heavy atom. The summed E-state index contributed by atoms with van der Waals surface area (Å²) < 4.78 is 37.0. The number of sulfonamides is 1. The maximum atomic E-state index is 13.7. The van der Waals surface area contributed by atoms with E-state index in [0.717, 1.165) is 10.6 Å². The van der Waals surface area contributed by atoms with Crippen molar-refractivity contribution in [1.29, 1.82) is 0 Å². The van der Waals surface area contributed by atoms with Crippen molar-refractivity contribution in [2.24, 2.45) is 5.92 Å².